The van der Waals surface area contributed by atoms with Crippen LogP contribution in [-0.2, 0) is 6.54 Å². The van der Waals surface area contributed by atoms with Crippen molar-refractivity contribution in [1.29, 1.82) is 0 Å². The molecule has 0 aliphatic rings. The second kappa shape index (κ2) is 3.89. The van der Waals surface area contributed by atoms with E-state index in [1.54, 1.807) is 0 Å². The molecule has 0 amide bonds. The number of hydrogen-bond acceptors (Lipinski definition) is 3. The largest absolute Gasteiger partial charge is 0.341 e. The van der Waals surface area contributed by atoms with E-state index in [0.717, 1.165) is 27.3 Å². The fraction of sp³-hybridized carbons (Fsp3) is 0.167. The van der Waals surface area contributed by atoms with Gasteiger partial charge in [0.25, 0.3) is 0 Å². The molecular weight excluding hydrogens is 238 g/mol. The molecule has 0 atom stereocenters. The van der Waals surface area contributed by atoms with Crippen molar-refractivity contribution in [3.63, 3.8) is 0 Å². The number of fused-ring (bicyclic) bond motifs is 1. The van der Waals surface area contributed by atoms with Gasteiger partial charge in [-0.15, -0.1) is 0 Å². The molecule has 5 heteroatoms. The lowest BCUT2D eigenvalue weighted by atomic mass is 10.2. The van der Waals surface area contributed by atoms with E-state index in [1.807, 2.05) is 37.4 Å². The molecule has 0 aliphatic carbocycles. The minimum absolute atomic E-state index is 0.638. The Morgan fingerprint density at radius 3 is 2.94 bits per heavy atom. The lowest BCUT2D eigenvalue weighted by molar-refractivity contribution is 0.300. The molecule has 86 valence electrons. The standard InChI is InChI=1S/C12H10ClN3O/c1-8-11(15-17-14-8)7-16-6-5-9-10(13)3-2-4-12(9)16/h2-6H,7H2,1H3. The van der Waals surface area contributed by atoms with Crippen LogP contribution in [-0.4, -0.2) is 14.9 Å². The van der Waals surface area contributed by atoms with Crippen LogP contribution in [0, 0.1) is 6.92 Å². The number of rotatable bonds is 2. The van der Waals surface area contributed by atoms with Gasteiger partial charge in [0.1, 0.15) is 11.4 Å². The van der Waals surface area contributed by atoms with Crippen molar-refractivity contribution in [2.45, 2.75) is 13.5 Å². The number of nitrogens with zero attached hydrogens (tertiary/aromatic N) is 3. The summed E-state index contributed by atoms with van der Waals surface area (Å²) in [4.78, 5) is 0. The summed E-state index contributed by atoms with van der Waals surface area (Å²) in [5, 5.41) is 9.45. The smallest absolute Gasteiger partial charge is 0.127 e. The van der Waals surface area contributed by atoms with E-state index in [1.165, 1.54) is 0 Å². The summed E-state index contributed by atoms with van der Waals surface area (Å²) < 4.78 is 6.77. The number of hydrogen-bond donors (Lipinski definition) is 0. The van der Waals surface area contributed by atoms with Crippen LogP contribution in [0.1, 0.15) is 11.4 Å². The van der Waals surface area contributed by atoms with Crippen LogP contribution in [0.5, 0.6) is 0 Å². The Morgan fingerprint density at radius 2 is 2.18 bits per heavy atom. The molecule has 0 saturated heterocycles. The zero-order valence-corrected chi connectivity index (χ0v) is 9.98. The topological polar surface area (TPSA) is 43.9 Å². The zero-order chi connectivity index (χ0) is 11.8. The molecule has 3 rings (SSSR count). The maximum Gasteiger partial charge on any atom is 0.127 e. The highest BCUT2D eigenvalue weighted by Crippen LogP contribution is 2.24. The fourth-order valence-electron chi connectivity index (χ4n) is 1.88. The fourth-order valence-corrected chi connectivity index (χ4v) is 2.11. The molecule has 0 radical (unpaired) electrons. The van der Waals surface area contributed by atoms with Crippen molar-refractivity contribution in [2.75, 3.05) is 0 Å². The molecule has 0 spiro atoms. The van der Waals surface area contributed by atoms with Crippen LogP contribution in [0.4, 0.5) is 0 Å². The minimum atomic E-state index is 0.638. The molecule has 2 aromatic heterocycles. The molecule has 3 aromatic rings. The summed E-state index contributed by atoms with van der Waals surface area (Å²) in [7, 11) is 0. The SMILES string of the molecule is Cc1nonc1Cn1ccc2c(Cl)cccc21. The first kappa shape index (κ1) is 10.4. The molecule has 4 nitrogen and oxygen atoms in total. The van der Waals surface area contributed by atoms with E-state index in [0.29, 0.717) is 6.54 Å². The van der Waals surface area contributed by atoms with E-state index in [9.17, 15) is 0 Å². The number of aryl methyl sites for hydroxylation is 1. The Kier molecular flexibility index (Phi) is 2.37. The molecular formula is C12H10ClN3O. The van der Waals surface area contributed by atoms with Crippen molar-refractivity contribution in [3.8, 4) is 0 Å². The summed E-state index contributed by atoms with van der Waals surface area (Å²) in [6.45, 7) is 2.52. The van der Waals surface area contributed by atoms with Crippen molar-refractivity contribution in [3.05, 3.63) is 46.9 Å². The Balaban J connectivity index is 2.07. The number of benzene rings is 1. The van der Waals surface area contributed by atoms with Crippen molar-refractivity contribution >= 4 is 22.5 Å². The average molecular weight is 248 g/mol. The van der Waals surface area contributed by atoms with Gasteiger partial charge >= 0.3 is 0 Å². The average Bonchev–Trinajstić information content (AvgIpc) is 2.89. The molecule has 0 unspecified atom stereocenters. The van der Waals surface area contributed by atoms with E-state index >= 15 is 0 Å². The van der Waals surface area contributed by atoms with Crippen LogP contribution >= 0.6 is 11.6 Å². The lowest BCUT2D eigenvalue weighted by Crippen LogP contribution is -1.99. The summed E-state index contributed by atoms with van der Waals surface area (Å²) >= 11 is 6.12. The van der Waals surface area contributed by atoms with Gasteiger partial charge < -0.3 is 4.57 Å². The van der Waals surface area contributed by atoms with Gasteiger partial charge in [-0.2, -0.15) is 0 Å². The first-order valence-electron chi connectivity index (χ1n) is 5.27. The zero-order valence-electron chi connectivity index (χ0n) is 9.22. The summed E-state index contributed by atoms with van der Waals surface area (Å²) in [6.07, 6.45) is 1.99. The molecule has 0 fully saturated rings. The van der Waals surface area contributed by atoms with Gasteiger partial charge in [-0.3, -0.25) is 0 Å². The quantitative estimate of drug-likeness (QED) is 0.699. The van der Waals surface area contributed by atoms with Crippen LogP contribution in [0.2, 0.25) is 5.02 Å². The van der Waals surface area contributed by atoms with Crippen LogP contribution in [0.3, 0.4) is 0 Å². The molecule has 1 aromatic carbocycles. The number of aromatic nitrogens is 3. The highest BCUT2D eigenvalue weighted by molar-refractivity contribution is 6.35. The van der Waals surface area contributed by atoms with Crippen LogP contribution < -0.4 is 0 Å². The summed E-state index contributed by atoms with van der Waals surface area (Å²) in [5.41, 5.74) is 2.73. The monoisotopic (exact) mass is 247 g/mol. The van der Waals surface area contributed by atoms with Crippen LogP contribution in [0.25, 0.3) is 10.9 Å². The van der Waals surface area contributed by atoms with E-state index in [-0.39, 0.29) is 0 Å². The Bertz CT molecular complexity index is 671. The van der Waals surface area contributed by atoms with Gasteiger partial charge in [0.2, 0.25) is 0 Å². The van der Waals surface area contributed by atoms with Crippen molar-refractivity contribution in [2.24, 2.45) is 0 Å². The second-order valence-corrected chi connectivity index (χ2v) is 4.32. The van der Waals surface area contributed by atoms with Crippen molar-refractivity contribution in [1.82, 2.24) is 14.9 Å². The predicted octanol–water partition coefficient (Wildman–Crippen LogP) is 3.03. The van der Waals surface area contributed by atoms with Gasteiger partial charge in [-0.25, -0.2) is 4.63 Å². The Hall–Kier alpha value is -1.81. The molecule has 0 aliphatic heterocycles. The summed E-state index contributed by atoms with van der Waals surface area (Å²) in [6, 6.07) is 7.86. The maximum atomic E-state index is 6.12. The third kappa shape index (κ3) is 1.70. The highest BCUT2D eigenvalue weighted by Gasteiger charge is 2.09. The van der Waals surface area contributed by atoms with Gasteiger partial charge in [-0.1, -0.05) is 28.0 Å². The third-order valence-electron chi connectivity index (χ3n) is 2.83. The molecule has 2 heterocycles. The summed E-state index contributed by atoms with van der Waals surface area (Å²) in [5.74, 6) is 0. The normalized spacial score (nSPS) is 11.2. The van der Waals surface area contributed by atoms with E-state index in [2.05, 4.69) is 14.9 Å². The van der Waals surface area contributed by atoms with Gasteiger partial charge in [0.15, 0.2) is 0 Å². The third-order valence-corrected chi connectivity index (χ3v) is 3.16. The van der Waals surface area contributed by atoms with E-state index in [4.69, 9.17) is 16.2 Å². The van der Waals surface area contributed by atoms with Gasteiger partial charge in [0, 0.05) is 22.1 Å². The lowest BCUT2D eigenvalue weighted by Gasteiger charge is -2.02. The van der Waals surface area contributed by atoms with Crippen molar-refractivity contribution < 1.29 is 4.63 Å². The van der Waals surface area contributed by atoms with E-state index < -0.39 is 0 Å². The predicted molar refractivity (Wildman–Crippen MR) is 65.1 cm³/mol. The first-order chi connectivity index (χ1) is 8.25. The number of halogens is 1. The Morgan fingerprint density at radius 1 is 1.29 bits per heavy atom. The molecule has 0 N–H and O–H groups in total. The maximum absolute atomic E-state index is 6.12. The van der Waals surface area contributed by atoms with Gasteiger partial charge in [0.05, 0.1) is 6.54 Å². The first-order valence-corrected chi connectivity index (χ1v) is 5.65. The highest BCUT2D eigenvalue weighted by atomic mass is 35.5. The minimum Gasteiger partial charge on any atom is -0.341 e. The molecule has 0 bridgehead atoms. The van der Waals surface area contributed by atoms with Crippen LogP contribution in [0.15, 0.2) is 35.1 Å². The molecule has 17 heavy (non-hydrogen) atoms. The molecule has 0 saturated carbocycles. The Labute approximate surface area is 103 Å². The second-order valence-electron chi connectivity index (χ2n) is 3.91. The van der Waals surface area contributed by atoms with Gasteiger partial charge in [-0.05, 0) is 25.1 Å².